The Bertz CT molecular complexity index is 1120. The van der Waals surface area contributed by atoms with Crippen LogP contribution in [-0.4, -0.2) is 17.0 Å². The lowest BCUT2D eigenvalue weighted by atomic mass is 10.1. The first-order valence-electron chi connectivity index (χ1n) is 8.31. The van der Waals surface area contributed by atoms with Crippen LogP contribution in [0, 0.1) is 5.82 Å². The molecule has 2 aromatic carbocycles. The summed E-state index contributed by atoms with van der Waals surface area (Å²) in [6, 6.07) is 8.77. The number of fused-ring (bicyclic) bond motifs is 1. The zero-order chi connectivity index (χ0) is 20.6. The third-order valence-electron chi connectivity index (χ3n) is 4.03. The maximum absolute atomic E-state index is 14.1. The molecular weight excluding hydrogens is 378 g/mol. The maximum atomic E-state index is 14.1. The van der Waals surface area contributed by atoms with Crippen molar-refractivity contribution >= 4 is 17.1 Å². The van der Waals surface area contributed by atoms with Crippen LogP contribution in [0.3, 0.4) is 0 Å². The number of halogens is 4. The Kier molecular flexibility index (Phi) is 4.97. The second kappa shape index (κ2) is 7.10. The number of hydrogen-bond donors (Lipinski definition) is 0. The van der Waals surface area contributed by atoms with Crippen LogP contribution in [0.1, 0.15) is 29.9 Å². The number of ether oxygens (including phenoxy) is 1. The number of rotatable bonds is 4. The van der Waals surface area contributed by atoms with Crippen molar-refractivity contribution in [1.82, 2.24) is 4.57 Å². The van der Waals surface area contributed by atoms with Gasteiger partial charge in [0.25, 0.3) is 5.56 Å². The van der Waals surface area contributed by atoms with Crippen molar-refractivity contribution in [3.63, 3.8) is 0 Å². The number of alkyl halides is 3. The molecule has 3 aromatic rings. The number of hydrogen-bond acceptors (Lipinski definition) is 3. The summed E-state index contributed by atoms with van der Waals surface area (Å²) in [5, 5.41) is 0.650. The Morgan fingerprint density at radius 2 is 1.79 bits per heavy atom. The monoisotopic (exact) mass is 393 g/mol. The van der Waals surface area contributed by atoms with Crippen molar-refractivity contribution < 1.29 is 27.1 Å². The van der Waals surface area contributed by atoms with Gasteiger partial charge in [-0.3, -0.25) is 14.2 Å². The zero-order valence-electron chi connectivity index (χ0n) is 14.9. The zero-order valence-corrected chi connectivity index (χ0v) is 14.9. The van der Waals surface area contributed by atoms with E-state index >= 15 is 0 Å². The predicted molar refractivity (Wildman–Crippen MR) is 95.7 cm³/mol. The first kappa shape index (κ1) is 19.6. The van der Waals surface area contributed by atoms with Crippen molar-refractivity contribution in [2.45, 2.75) is 26.1 Å². The molecule has 0 aliphatic rings. The van der Waals surface area contributed by atoms with Crippen molar-refractivity contribution in [2.75, 3.05) is 0 Å². The highest BCUT2D eigenvalue weighted by Gasteiger charge is 2.36. The van der Waals surface area contributed by atoms with Gasteiger partial charge in [-0.15, -0.1) is 0 Å². The van der Waals surface area contributed by atoms with E-state index in [1.165, 1.54) is 12.1 Å². The van der Waals surface area contributed by atoms with Crippen LogP contribution < -0.4 is 10.3 Å². The second-order valence-electron chi connectivity index (χ2n) is 6.38. The lowest BCUT2D eigenvalue weighted by Gasteiger charge is -2.20. The molecule has 0 bridgehead atoms. The minimum atomic E-state index is -4.99. The lowest BCUT2D eigenvalue weighted by molar-refractivity contribution is -0.140. The molecule has 0 N–H and O–H groups in total. The summed E-state index contributed by atoms with van der Waals surface area (Å²) in [4.78, 5) is 24.5. The number of nitrogens with zero attached hydrogens (tertiary/aromatic N) is 1. The van der Waals surface area contributed by atoms with Gasteiger partial charge in [-0.2, -0.15) is 13.2 Å². The lowest BCUT2D eigenvalue weighted by Crippen LogP contribution is -2.24. The van der Waals surface area contributed by atoms with E-state index in [0.29, 0.717) is 23.8 Å². The van der Waals surface area contributed by atoms with E-state index in [2.05, 4.69) is 0 Å². The van der Waals surface area contributed by atoms with Crippen LogP contribution in [0.25, 0.3) is 16.5 Å². The summed E-state index contributed by atoms with van der Waals surface area (Å²) in [6.45, 7) is 3.20. The summed E-state index contributed by atoms with van der Waals surface area (Å²) >= 11 is 0. The van der Waals surface area contributed by atoms with Gasteiger partial charge in [-0.1, -0.05) is 18.2 Å². The van der Waals surface area contributed by atoms with E-state index < -0.39 is 29.2 Å². The molecule has 1 aromatic heterocycles. The Balaban J connectivity index is 2.43. The predicted octanol–water partition coefficient (Wildman–Crippen LogP) is 4.75. The van der Waals surface area contributed by atoms with Gasteiger partial charge in [0.15, 0.2) is 6.29 Å². The molecule has 0 unspecified atom stereocenters. The number of carbonyl (C=O) groups is 1. The molecule has 146 valence electrons. The van der Waals surface area contributed by atoms with E-state index in [1.807, 2.05) is 0 Å². The molecule has 0 saturated heterocycles. The SMILES string of the molecule is CC(C)Oc1cc(F)c(C(F)(F)F)cc1-n1c(C=O)cc2ccccc2c1=O. The van der Waals surface area contributed by atoms with E-state index in [0.717, 1.165) is 4.57 Å². The number of aldehydes is 1. The average molecular weight is 393 g/mol. The minimum absolute atomic E-state index is 0.183. The third kappa shape index (κ3) is 3.49. The summed E-state index contributed by atoms with van der Waals surface area (Å²) in [6.07, 6.45) is -5.15. The second-order valence-corrected chi connectivity index (χ2v) is 6.38. The fraction of sp³-hybridized carbons (Fsp3) is 0.200. The highest BCUT2D eigenvalue weighted by molar-refractivity contribution is 5.88. The van der Waals surface area contributed by atoms with Crippen LogP contribution in [0.15, 0.2) is 47.3 Å². The van der Waals surface area contributed by atoms with E-state index in [-0.39, 0.29) is 22.5 Å². The van der Waals surface area contributed by atoms with Crippen LogP contribution in [0.2, 0.25) is 0 Å². The van der Waals surface area contributed by atoms with Crippen molar-refractivity contribution in [1.29, 1.82) is 0 Å². The number of aromatic nitrogens is 1. The highest BCUT2D eigenvalue weighted by atomic mass is 19.4. The molecule has 0 saturated carbocycles. The topological polar surface area (TPSA) is 48.3 Å². The standard InChI is InChI=1S/C20H15F4NO3/c1-11(2)28-18-9-16(21)15(20(22,23)24)8-17(18)25-13(10-26)7-12-5-3-4-6-14(12)19(25)27/h3-11H,1-2H3. The van der Waals surface area contributed by atoms with Crippen LogP contribution in [-0.2, 0) is 6.18 Å². The quantitative estimate of drug-likeness (QED) is 0.475. The number of carbonyl (C=O) groups excluding carboxylic acids is 1. The van der Waals surface area contributed by atoms with E-state index in [4.69, 9.17) is 4.74 Å². The molecule has 0 spiro atoms. The van der Waals surface area contributed by atoms with Gasteiger partial charge in [-0.05, 0) is 37.4 Å². The fourth-order valence-electron chi connectivity index (χ4n) is 2.90. The molecule has 0 aliphatic carbocycles. The Morgan fingerprint density at radius 1 is 1.11 bits per heavy atom. The summed E-state index contributed by atoms with van der Waals surface area (Å²) in [5.74, 6) is -1.81. The number of pyridine rings is 1. The maximum Gasteiger partial charge on any atom is 0.419 e. The Hall–Kier alpha value is -3.16. The molecule has 0 atom stereocenters. The van der Waals surface area contributed by atoms with Gasteiger partial charge < -0.3 is 4.74 Å². The first-order chi connectivity index (χ1) is 13.1. The molecule has 0 aliphatic heterocycles. The molecule has 28 heavy (non-hydrogen) atoms. The van der Waals surface area contributed by atoms with E-state index in [9.17, 15) is 27.2 Å². The van der Waals surface area contributed by atoms with E-state index in [1.54, 1.807) is 32.0 Å². The van der Waals surface area contributed by atoms with Gasteiger partial charge in [0.05, 0.1) is 23.0 Å². The Morgan fingerprint density at radius 3 is 2.39 bits per heavy atom. The highest BCUT2D eigenvalue weighted by Crippen LogP contribution is 2.37. The smallest absolute Gasteiger partial charge is 0.419 e. The average Bonchev–Trinajstić information content (AvgIpc) is 2.61. The molecule has 4 nitrogen and oxygen atoms in total. The van der Waals surface area contributed by atoms with Crippen molar-refractivity contribution in [3.8, 4) is 11.4 Å². The van der Waals surface area contributed by atoms with Crippen molar-refractivity contribution in [3.05, 3.63) is 69.9 Å². The van der Waals surface area contributed by atoms with Gasteiger partial charge in [0.1, 0.15) is 11.6 Å². The largest absolute Gasteiger partial charge is 0.489 e. The molecular formula is C20H15F4NO3. The number of benzene rings is 2. The first-order valence-corrected chi connectivity index (χ1v) is 8.31. The third-order valence-corrected chi connectivity index (χ3v) is 4.03. The van der Waals surface area contributed by atoms with Crippen molar-refractivity contribution in [2.24, 2.45) is 0 Å². The minimum Gasteiger partial charge on any atom is -0.489 e. The van der Waals surface area contributed by atoms with Gasteiger partial charge >= 0.3 is 6.18 Å². The molecule has 0 amide bonds. The fourth-order valence-corrected chi connectivity index (χ4v) is 2.90. The van der Waals surface area contributed by atoms with Gasteiger partial charge in [-0.25, -0.2) is 4.39 Å². The van der Waals surface area contributed by atoms with Gasteiger partial charge in [0.2, 0.25) is 0 Å². The molecule has 3 rings (SSSR count). The van der Waals surface area contributed by atoms with Crippen LogP contribution >= 0.6 is 0 Å². The summed E-state index contributed by atoms with van der Waals surface area (Å²) in [7, 11) is 0. The van der Waals surface area contributed by atoms with Crippen LogP contribution in [0.4, 0.5) is 17.6 Å². The normalized spacial score (nSPS) is 11.8. The molecule has 0 fully saturated rings. The Labute approximate surface area is 157 Å². The molecule has 0 radical (unpaired) electrons. The summed E-state index contributed by atoms with van der Waals surface area (Å²) < 4.78 is 60.0. The summed E-state index contributed by atoms with van der Waals surface area (Å²) in [5.41, 5.74) is -2.82. The molecule has 8 heteroatoms. The molecule has 1 heterocycles. The van der Waals surface area contributed by atoms with Gasteiger partial charge in [0, 0.05) is 11.5 Å². The van der Waals surface area contributed by atoms with Crippen LogP contribution in [0.5, 0.6) is 5.75 Å².